The van der Waals surface area contributed by atoms with E-state index in [0.717, 1.165) is 51.4 Å². The molecule has 2 unspecified atom stereocenters. The average Bonchev–Trinajstić information content (AvgIpc) is 3.07. The quantitative estimate of drug-likeness (QED) is 0.867. The molecule has 2 fully saturated rings. The molecule has 2 saturated heterocycles. The summed E-state index contributed by atoms with van der Waals surface area (Å²) in [6.07, 6.45) is 0.490. The molecule has 0 bridgehead atoms. The van der Waals surface area contributed by atoms with Crippen LogP contribution in [-0.2, 0) is 20.8 Å². The Bertz CT molecular complexity index is 559. The van der Waals surface area contributed by atoms with Gasteiger partial charge in [-0.15, -0.1) is 0 Å². The number of hydrogen-bond donors (Lipinski definition) is 1. The van der Waals surface area contributed by atoms with Crippen LogP contribution in [0.15, 0.2) is 22.8 Å². The number of aliphatic carboxylic acids is 1. The second kappa shape index (κ2) is 8.88. The zero-order chi connectivity index (χ0) is 19.2. The van der Waals surface area contributed by atoms with E-state index in [0.29, 0.717) is 6.10 Å². The molecule has 3 heterocycles. The Hall–Kier alpha value is -1.58. The topological polar surface area (TPSA) is 72.1 Å². The number of rotatable bonds is 4. The van der Waals surface area contributed by atoms with Crippen molar-refractivity contribution in [2.45, 2.75) is 38.1 Å². The summed E-state index contributed by atoms with van der Waals surface area (Å²) in [5.41, 5.74) is 0.178. The summed E-state index contributed by atoms with van der Waals surface area (Å²) in [5, 5.41) is 7.12. The van der Waals surface area contributed by atoms with Gasteiger partial charge in [-0.3, -0.25) is 4.90 Å². The van der Waals surface area contributed by atoms with Crippen LogP contribution in [0.1, 0.15) is 25.0 Å². The fourth-order valence-electron chi connectivity index (χ4n) is 3.64. The van der Waals surface area contributed by atoms with Crippen LogP contribution in [0.5, 0.6) is 0 Å². The van der Waals surface area contributed by atoms with Crippen LogP contribution in [0.3, 0.4) is 0 Å². The lowest BCUT2D eigenvalue weighted by Crippen LogP contribution is -2.56. The third-order valence-corrected chi connectivity index (χ3v) is 4.70. The van der Waals surface area contributed by atoms with Gasteiger partial charge < -0.3 is 19.0 Å². The van der Waals surface area contributed by atoms with Crippen molar-refractivity contribution in [3.63, 3.8) is 0 Å². The van der Waals surface area contributed by atoms with E-state index in [9.17, 15) is 13.2 Å². The summed E-state index contributed by atoms with van der Waals surface area (Å²) in [5.74, 6) is -1.71. The number of halogens is 3. The normalized spacial score (nSPS) is 26.5. The Kier molecular flexibility index (Phi) is 7.08. The highest BCUT2D eigenvalue weighted by atomic mass is 19.4. The van der Waals surface area contributed by atoms with Crippen LogP contribution in [0.4, 0.5) is 13.2 Å². The molecule has 2 aliphatic heterocycles. The number of piperidine rings is 1. The van der Waals surface area contributed by atoms with Gasteiger partial charge in [0, 0.05) is 32.2 Å². The van der Waals surface area contributed by atoms with Crippen molar-refractivity contribution in [2.75, 3.05) is 33.4 Å². The molecule has 1 N–H and O–H groups in total. The minimum atomic E-state index is -5.08. The molecular weight excluding hydrogens is 355 g/mol. The molecule has 0 saturated carbocycles. The zero-order valence-corrected chi connectivity index (χ0v) is 14.6. The van der Waals surface area contributed by atoms with Gasteiger partial charge >= 0.3 is 12.1 Å². The van der Waals surface area contributed by atoms with Gasteiger partial charge in [-0.25, -0.2) is 4.79 Å². The maximum absolute atomic E-state index is 10.6. The van der Waals surface area contributed by atoms with Gasteiger partial charge in [-0.1, -0.05) is 0 Å². The van der Waals surface area contributed by atoms with E-state index in [1.54, 1.807) is 13.4 Å². The molecule has 9 heteroatoms. The SMILES string of the molecule is COCC12CCCOC1CCN(Cc1ccco1)C2.O=C(O)C(F)(F)F. The molecule has 2 atom stereocenters. The molecule has 0 aromatic carbocycles. The standard InChI is InChI=1S/C15H23NO3.C2HF3O2/c1-17-12-15-6-3-9-19-14(15)5-7-16(11-15)10-13-4-2-8-18-13;3-2(4,5)1(6)7/h2,4,8,14H,3,5-7,9-12H2,1H3;(H,6,7). The fraction of sp³-hybridized carbons (Fsp3) is 0.706. The van der Waals surface area contributed by atoms with Gasteiger partial charge in [0.25, 0.3) is 0 Å². The predicted molar refractivity (Wildman–Crippen MR) is 85.6 cm³/mol. The number of fused-ring (bicyclic) bond motifs is 1. The highest BCUT2D eigenvalue weighted by molar-refractivity contribution is 5.73. The summed E-state index contributed by atoms with van der Waals surface area (Å²) in [6.45, 7) is 4.73. The zero-order valence-electron chi connectivity index (χ0n) is 14.6. The van der Waals surface area contributed by atoms with E-state index in [4.69, 9.17) is 23.8 Å². The first-order chi connectivity index (χ1) is 12.3. The van der Waals surface area contributed by atoms with Gasteiger partial charge in [0.1, 0.15) is 5.76 Å². The predicted octanol–water partition coefficient (Wildman–Crippen LogP) is 2.93. The van der Waals surface area contributed by atoms with Crippen molar-refractivity contribution >= 4 is 5.97 Å². The molecule has 0 aliphatic carbocycles. The third-order valence-electron chi connectivity index (χ3n) is 4.70. The summed E-state index contributed by atoms with van der Waals surface area (Å²) >= 11 is 0. The van der Waals surface area contributed by atoms with Crippen LogP contribution in [-0.4, -0.2) is 61.7 Å². The molecular formula is C17H24F3NO5. The average molecular weight is 379 g/mol. The van der Waals surface area contributed by atoms with E-state index >= 15 is 0 Å². The minimum absolute atomic E-state index is 0.178. The maximum Gasteiger partial charge on any atom is 0.490 e. The highest BCUT2D eigenvalue weighted by Crippen LogP contribution is 2.40. The number of carboxylic acid groups (broad SMARTS) is 1. The highest BCUT2D eigenvalue weighted by Gasteiger charge is 2.46. The third kappa shape index (κ3) is 5.46. The van der Waals surface area contributed by atoms with Gasteiger partial charge in [0.2, 0.25) is 0 Å². The molecule has 2 aliphatic rings. The monoisotopic (exact) mass is 379 g/mol. The van der Waals surface area contributed by atoms with Crippen molar-refractivity contribution < 1.29 is 37.0 Å². The molecule has 6 nitrogen and oxygen atoms in total. The lowest BCUT2D eigenvalue weighted by Gasteiger charge is -2.50. The molecule has 26 heavy (non-hydrogen) atoms. The van der Waals surface area contributed by atoms with E-state index in [2.05, 4.69) is 4.90 Å². The molecule has 1 aromatic rings. The summed E-state index contributed by atoms with van der Waals surface area (Å²) in [7, 11) is 1.80. The number of methoxy groups -OCH3 is 1. The Morgan fingerprint density at radius 2 is 2.23 bits per heavy atom. The van der Waals surface area contributed by atoms with Crippen molar-refractivity contribution in [3.8, 4) is 0 Å². The van der Waals surface area contributed by atoms with E-state index < -0.39 is 12.1 Å². The van der Waals surface area contributed by atoms with Crippen LogP contribution in [0, 0.1) is 5.41 Å². The molecule has 3 rings (SSSR count). The summed E-state index contributed by atoms with van der Waals surface area (Å²) in [4.78, 5) is 11.4. The molecule has 0 radical (unpaired) electrons. The van der Waals surface area contributed by atoms with Crippen LogP contribution in [0.25, 0.3) is 0 Å². The summed E-state index contributed by atoms with van der Waals surface area (Å²) < 4.78 is 48.7. The smallest absolute Gasteiger partial charge is 0.475 e. The number of nitrogens with zero attached hydrogens (tertiary/aromatic N) is 1. The Balaban J connectivity index is 0.000000298. The van der Waals surface area contributed by atoms with E-state index in [1.807, 2.05) is 12.1 Å². The van der Waals surface area contributed by atoms with Crippen molar-refractivity contribution in [3.05, 3.63) is 24.2 Å². The lowest BCUT2D eigenvalue weighted by atomic mass is 9.73. The number of alkyl halides is 3. The number of ether oxygens (including phenoxy) is 2. The minimum Gasteiger partial charge on any atom is -0.475 e. The number of furan rings is 1. The second-order valence-electron chi connectivity index (χ2n) is 6.64. The number of hydrogen-bond acceptors (Lipinski definition) is 5. The molecule has 0 amide bonds. The largest absolute Gasteiger partial charge is 0.490 e. The van der Waals surface area contributed by atoms with Crippen LogP contribution >= 0.6 is 0 Å². The van der Waals surface area contributed by atoms with Crippen molar-refractivity contribution in [2.24, 2.45) is 5.41 Å². The Morgan fingerprint density at radius 1 is 1.50 bits per heavy atom. The molecule has 148 valence electrons. The van der Waals surface area contributed by atoms with Gasteiger partial charge in [0.15, 0.2) is 0 Å². The first-order valence-corrected chi connectivity index (χ1v) is 8.42. The first kappa shape index (κ1) is 20.7. The number of carbonyl (C=O) groups is 1. The van der Waals surface area contributed by atoms with Gasteiger partial charge in [0.05, 0.1) is 25.5 Å². The maximum atomic E-state index is 10.6. The molecule has 0 spiro atoms. The van der Waals surface area contributed by atoms with Gasteiger partial charge in [-0.2, -0.15) is 13.2 Å². The first-order valence-electron chi connectivity index (χ1n) is 8.42. The van der Waals surface area contributed by atoms with Crippen molar-refractivity contribution in [1.82, 2.24) is 4.90 Å². The second-order valence-corrected chi connectivity index (χ2v) is 6.64. The number of carboxylic acids is 1. The van der Waals surface area contributed by atoms with Crippen LogP contribution < -0.4 is 0 Å². The van der Waals surface area contributed by atoms with E-state index in [1.165, 1.54) is 6.42 Å². The fourth-order valence-corrected chi connectivity index (χ4v) is 3.64. The summed E-state index contributed by atoms with van der Waals surface area (Å²) in [6, 6.07) is 4.00. The molecule has 1 aromatic heterocycles. The van der Waals surface area contributed by atoms with E-state index in [-0.39, 0.29) is 5.41 Å². The van der Waals surface area contributed by atoms with Crippen LogP contribution in [0.2, 0.25) is 0 Å². The lowest BCUT2D eigenvalue weighted by molar-refractivity contribution is -0.192. The Labute approximate surface area is 149 Å². The number of likely N-dealkylation sites (tertiary alicyclic amines) is 1. The van der Waals surface area contributed by atoms with Gasteiger partial charge in [-0.05, 0) is 31.4 Å². The Morgan fingerprint density at radius 3 is 2.81 bits per heavy atom. The van der Waals surface area contributed by atoms with Crippen molar-refractivity contribution in [1.29, 1.82) is 0 Å².